The lowest BCUT2D eigenvalue weighted by Crippen LogP contribution is -2.26. The predicted molar refractivity (Wildman–Crippen MR) is 68.9 cm³/mol. The molecule has 0 aliphatic heterocycles. The van der Waals surface area contributed by atoms with Crippen LogP contribution in [0.15, 0.2) is 29.2 Å². The molecule has 0 spiro atoms. The summed E-state index contributed by atoms with van der Waals surface area (Å²) < 4.78 is 25.3. The highest BCUT2D eigenvalue weighted by molar-refractivity contribution is 7.79. The molecule has 100 valence electrons. The topological polar surface area (TPSA) is 75.6 Å². The monoisotopic (exact) mass is 271 g/mol. The number of amides is 1. The zero-order valence-corrected chi connectivity index (χ0v) is 11.0. The van der Waals surface area contributed by atoms with Crippen molar-refractivity contribution < 1.29 is 18.3 Å². The molecule has 1 unspecified atom stereocenters. The summed E-state index contributed by atoms with van der Waals surface area (Å²) >= 11 is -2.16. The minimum atomic E-state index is -2.16. The van der Waals surface area contributed by atoms with Gasteiger partial charge in [-0.25, -0.2) is 4.21 Å². The number of benzene rings is 1. The van der Waals surface area contributed by atoms with E-state index in [0.717, 1.165) is 0 Å². The number of carbonyl (C=O) groups excluding carboxylic acids is 1. The molecule has 0 fully saturated rings. The first kappa shape index (κ1) is 14.8. The van der Waals surface area contributed by atoms with Crippen LogP contribution in [-0.4, -0.2) is 34.4 Å². The van der Waals surface area contributed by atoms with Gasteiger partial charge in [0, 0.05) is 19.8 Å². The Labute approximate surface area is 109 Å². The second-order valence-corrected chi connectivity index (χ2v) is 4.49. The molecular formula is C12H17NO4S. The summed E-state index contributed by atoms with van der Waals surface area (Å²) in [6, 6.07) is 6.27. The third kappa shape index (κ3) is 4.56. The van der Waals surface area contributed by atoms with Crippen molar-refractivity contribution in [2.24, 2.45) is 0 Å². The number of rotatable bonds is 7. The lowest BCUT2D eigenvalue weighted by molar-refractivity contribution is 0.0941. The molecule has 5 nitrogen and oxygen atoms in total. The second kappa shape index (κ2) is 7.97. The van der Waals surface area contributed by atoms with Crippen molar-refractivity contribution in [1.29, 1.82) is 0 Å². The summed E-state index contributed by atoms with van der Waals surface area (Å²) in [5.41, 5.74) is 0.231. The summed E-state index contributed by atoms with van der Waals surface area (Å²) in [7, 11) is 0. The highest BCUT2D eigenvalue weighted by Crippen LogP contribution is 2.11. The first-order valence-corrected chi connectivity index (χ1v) is 6.83. The summed E-state index contributed by atoms with van der Waals surface area (Å²) in [6.07, 6.45) is 0.712. The van der Waals surface area contributed by atoms with Gasteiger partial charge < -0.3 is 14.6 Å². The lowest BCUT2D eigenvalue weighted by atomic mass is 10.2. The Balaban J connectivity index is 2.54. The van der Waals surface area contributed by atoms with E-state index in [4.69, 9.17) is 9.29 Å². The van der Waals surface area contributed by atoms with Gasteiger partial charge in [-0.3, -0.25) is 4.79 Å². The molecule has 0 aliphatic carbocycles. The molecule has 0 saturated carbocycles. The fourth-order valence-electron chi connectivity index (χ4n) is 1.42. The molecule has 0 aliphatic rings. The number of ether oxygens (including phenoxy) is 1. The SMILES string of the molecule is CCOCCCNC(=O)c1ccccc1S(=O)O. The Morgan fingerprint density at radius 1 is 1.44 bits per heavy atom. The molecule has 1 atom stereocenters. The van der Waals surface area contributed by atoms with E-state index >= 15 is 0 Å². The van der Waals surface area contributed by atoms with Gasteiger partial charge in [-0.05, 0) is 25.5 Å². The first-order valence-electron chi connectivity index (χ1n) is 5.72. The molecule has 0 saturated heterocycles. The normalized spacial score (nSPS) is 12.1. The van der Waals surface area contributed by atoms with Gasteiger partial charge in [0.05, 0.1) is 10.5 Å². The highest BCUT2D eigenvalue weighted by Gasteiger charge is 2.13. The Morgan fingerprint density at radius 2 is 2.17 bits per heavy atom. The maximum Gasteiger partial charge on any atom is 0.252 e. The van der Waals surface area contributed by atoms with Crippen LogP contribution in [-0.2, 0) is 15.8 Å². The Bertz CT molecular complexity index is 422. The van der Waals surface area contributed by atoms with Crippen LogP contribution in [0.25, 0.3) is 0 Å². The van der Waals surface area contributed by atoms with Crippen LogP contribution in [0.2, 0.25) is 0 Å². The minimum Gasteiger partial charge on any atom is -0.382 e. The van der Waals surface area contributed by atoms with Crippen molar-refractivity contribution in [3.05, 3.63) is 29.8 Å². The van der Waals surface area contributed by atoms with Crippen LogP contribution < -0.4 is 5.32 Å². The molecule has 0 radical (unpaired) electrons. The molecule has 0 aromatic heterocycles. The lowest BCUT2D eigenvalue weighted by Gasteiger charge is -2.07. The first-order chi connectivity index (χ1) is 8.66. The van der Waals surface area contributed by atoms with Crippen LogP contribution in [0.1, 0.15) is 23.7 Å². The molecule has 18 heavy (non-hydrogen) atoms. The standard InChI is InChI=1S/C12H17NO4S/c1-2-17-9-5-8-13-12(14)10-6-3-4-7-11(10)18(15)16/h3-4,6-7H,2,5,8-9H2,1H3,(H,13,14)(H,15,16). The van der Waals surface area contributed by atoms with Crippen molar-refractivity contribution in [1.82, 2.24) is 5.32 Å². The minimum absolute atomic E-state index is 0.125. The predicted octanol–water partition coefficient (Wildman–Crippen LogP) is 1.42. The van der Waals surface area contributed by atoms with Crippen LogP contribution in [0.3, 0.4) is 0 Å². The number of carbonyl (C=O) groups is 1. The van der Waals surface area contributed by atoms with E-state index in [1.165, 1.54) is 12.1 Å². The van der Waals surface area contributed by atoms with Crippen LogP contribution in [0.4, 0.5) is 0 Å². The van der Waals surface area contributed by atoms with Gasteiger partial charge >= 0.3 is 0 Å². The van der Waals surface area contributed by atoms with E-state index in [-0.39, 0.29) is 16.4 Å². The molecular weight excluding hydrogens is 254 g/mol. The zero-order valence-electron chi connectivity index (χ0n) is 10.2. The molecule has 6 heteroatoms. The molecule has 1 rings (SSSR count). The van der Waals surface area contributed by atoms with E-state index in [1.54, 1.807) is 12.1 Å². The van der Waals surface area contributed by atoms with Crippen molar-refractivity contribution in [2.45, 2.75) is 18.2 Å². The van der Waals surface area contributed by atoms with E-state index in [0.29, 0.717) is 26.2 Å². The largest absolute Gasteiger partial charge is 0.382 e. The third-order valence-corrected chi connectivity index (χ3v) is 3.01. The third-order valence-electron chi connectivity index (χ3n) is 2.27. The van der Waals surface area contributed by atoms with Gasteiger partial charge in [0.2, 0.25) is 0 Å². The quantitative estimate of drug-likeness (QED) is 0.581. The van der Waals surface area contributed by atoms with Crippen molar-refractivity contribution >= 4 is 17.0 Å². The maximum absolute atomic E-state index is 11.8. The van der Waals surface area contributed by atoms with E-state index in [2.05, 4.69) is 5.32 Å². The average Bonchev–Trinajstić information content (AvgIpc) is 2.38. The molecule has 1 amide bonds. The van der Waals surface area contributed by atoms with Gasteiger partial charge in [-0.15, -0.1) is 0 Å². The molecule has 0 bridgehead atoms. The van der Waals surface area contributed by atoms with Crippen molar-refractivity contribution in [3.8, 4) is 0 Å². The van der Waals surface area contributed by atoms with Crippen LogP contribution in [0, 0.1) is 0 Å². The number of nitrogens with one attached hydrogen (secondary N) is 1. The molecule has 0 heterocycles. The highest BCUT2D eigenvalue weighted by atomic mass is 32.2. The fourth-order valence-corrected chi connectivity index (χ4v) is 1.97. The molecule has 1 aromatic carbocycles. The molecule has 1 aromatic rings. The Kier molecular flexibility index (Phi) is 6.56. The number of hydrogen-bond donors (Lipinski definition) is 2. The summed E-state index contributed by atoms with van der Waals surface area (Å²) in [5, 5.41) is 2.69. The van der Waals surface area contributed by atoms with Crippen molar-refractivity contribution in [2.75, 3.05) is 19.8 Å². The van der Waals surface area contributed by atoms with E-state index in [1.807, 2.05) is 6.92 Å². The van der Waals surface area contributed by atoms with E-state index in [9.17, 15) is 9.00 Å². The summed E-state index contributed by atoms with van der Waals surface area (Å²) in [4.78, 5) is 11.9. The van der Waals surface area contributed by atoms with Gasteiger partial charge in [-0.1, -0.05) is 12.1 Å². The Hall–Kier alpha value is -1.24. The number of hydrogen-bond acceptors (Lipinski definition) is 3. The molecule has 2 N–H and O–H groups in total. The average molecular weight is 271 g/mol. The zero-order chi connectivity index (χ0) is 13.4. The van der Waals surface area contributed by atoms with Gasteiger partial charge in [0.25, 0.3) is 5.91 Å². The summed E-state index contributed by atoms with van der Waals surface area (Å²) in [6.45, 7) is 3.63. The van der Waals surface area contributed by atoms with E-state index < -0.39 is 11.1 Å². The fraction of sp³-hybridized carbons (Fsp3) is 0.417. The van der Waals surface area contributed by atoms with Gasteiger partial charge in [0.1, 0.15) is 0 Å². The van der Waals surface area contributed by atoms with Crippen molar-refractivity contribution in [3.63, 3.8) is 0 Å². The maximum atomic E-state index is 11.8. The second-order valence-electron chi connectivity index (χ2n) is 3.55. The Morgan fingerprint density at radius 3 is 2.83 bits per heavy atom. The van der Waals surface area contributed by atoms with Gasteiger partial charge in [0.15, 0.2) is 11.1 Å². The van der Waals surface area contributed by atoms with Crippen LogP contribution >= 0.6 is 0 Å². The smallest absolute Gasteiger partial charge is 0.252 e. The summed E-state index contributed by atoms with van der Waals surface area (Å²) in [5.74, 6) is -0.343. The van der Waals surface area contributed by atoms with Crippen LogP contribution in [0.5, 0.6) is 0 Å². The van der Waals surface area contributed by atoms with Gasteiger partial charge in [-0.2, -0.15) is 0 Å².